The van der Waals surface area contributed by atoms with Gasteiger partial charge < -0.3 is 5.32 Å². The molecule has 0 spiro atoms. The summed E-state index contributed by atoms with van der Waals surface area (Å²) in [5.74, 6) is -0.752. The summed E-state index contributed by atoms with van der Waals surface area (Å²) in [6.07, 6.45) is -3.87. The number of halogens is 4. The van der Waals surface area contributed by atoms with E-state index in [1.165, 1.54) is 24.3 Å². The van der Waals surface area contributed by atoms with Gasteiger partial charge in [0.15, 0.2) is 9.84 Å². The third-order valence-corrected chi connectivity index (χ3v) is 7.71. The van der Waals surface area contributed by atoms with Crippen molar-refractivity contribution in [2.75, 3.05) is 5.32 Å². The van der Waals surface area contributed by atoms with E-state index in [0.29, 0.717) is 23.2 Å². The summed E-state index contributed by atoms with van der Waals surface area (Å²) in [5, 5.41) is 3.32. The first-order chi connectivity index (χ1) is 15.3. The minimum atomic E-state index is -4.41. The van der Waals surface area contributed by atoms with Crippen LogP contribution in [0.5, 0.6) is 0 Å². The first-order valence-electron chi connectivity index (χ1n) is 10.4. The quantitative estimate of drug-likeness (QED) is 0.338. The third kappa shape index (κ3) is 4.90. The predicted octanol–water partition coefficient (Wildman–Crippen LogP) is 6.65. The normalized spacial score (nSPS) is 17.8. The van der Waals surface area contributed by atoms with Crippen LogP contribution in [0.2, 0.25) is 0 Å². The lowest BCUT2D eigenvalue weighted by molar-refractivity contribution is -0.137. The Kier molecular flexibility index (Phi) is 5.76. The topological polar surface area (TPSA) is 46.2 Å². The SMILES string of the molecule is CC1(C)CC(c2cccc(CS(=O)(=O)c3ccc(F)cc3)c2)Nc2ccc(C(F)(F)F)cc21. The maximum Gasteiger partial charge on any atom is 0.416 e. The van der Waals surface area contributed by atoms with E-state index in [-0.39, 0.29) is 16.7 Å². The standard InChI is InChI=1S/C25H23F4NO2S/c1-24(2)14-23(30-22-11-6-18(13-21(22)24)25(27,28)29)17-5-3-4-16(12-17)15-33(31,32)20-9-7-19(26)8-10-20/h3-13,23,30H,14-15H2,1-2H3. The molecule has 0 fully saturated rings. The first kappa shape index (κ1) is 23.3. The van der Waals surface area contributed by atoms with E-state index >= 15 is 0 Å². The largest absolute Gasteiger partial charge is 0.416 e. The fraction of sp³-hybridized carbons (Fsp3) is 0.280. The summed E-state index contributed by atoms with van der Waals surface area (Å²) in [7, 11) is -3.66. The van der Waals surface area contributed by atoms with Crippen molar-refractivity contribution >= 4 is 15.5 Å². The molecule has 3 aromatic carbocycles. The minimum absolute atomic E-state index is 0.0422. The second-order valence-electron chi connectivity index (χ2n) is 9.00. The van der Waals surface area contributed by atoms with Gasteiger partial charge in [0.1, 0.15) is 5.82 Å². The molecule has 1 unspecified atom stereocenters. The van der Waals surface area contributed by atoms with E-state index in [9.17, 15) is 26.0 Å². The van der Waals surface area contributed by atoms with Crippen LogP contribution >= 0.6 is 0 Å². The van der Waals surface area contributed by atoms with Crippen molar-refractivity contribution in [2.45, 2.75) is 48.5 Å². The van der Waals surface area contributed by atoms with Crippen LogP contribution in [0.1, 0.15) is 48.6 Å². The van der Waals surface area contributed by atoms with Gasteiger partial charge in [0.05, 0.1) is 22.3 Å². The van der Waals surface area contributed by atoms with Gasteiger partial charge in [-0.05, 0) is 71.0 Å². The summed E-state index contributed by atoms with van der Waals surface area (Å²) in [6, 6.07) is 15.4. The van der Waals surface area contributed by atoms with Crippen LogP contribution in [0.4, 0.5) is 23.2 Å². The lowest BCUT2D eigenvalue weighted by Gasteiger charge is -2.39. The maximum absolute atomic E-state index is 13.2. The van der Waals surface area contributed by atoms with E-state index in [1.807, 2.05) is 19.9 Å². The molecule has 0 radical (unpaired) electrons. The Labute approximate surface area is 190 Å². The van der Waals surface area contributed by atoms with E-state index in [4.69, 9.17) is 0 Å². The van der Waals surface area contributed by atoms with Crippen molar-refractivity contribution < 1.29 is 26.0 Å². The van der Waals surface area contributed by atoms with Crippen molar-refractivity contribution in [3.05, 3.63) is 94.8 Å². The lowest BCUT2D eigenvalue weighted by atomic mass is 9.73. The van der Waals surface area contributed by atoms with Crippen LogP contribution in [0.25, 0.3) is 0 Å². The van der Waals surface area contributed by atoms with Gasteiger partial charge >= 0.3 is 6.18 Å². The molecule has 0 bridgehead atoms. The summed E-state index contributed by atoms with van der Waals surface area (Å²) in [4.78, 5) is 0.0422. The fourth-order valence-electron chi connectivity index (χ4n) is 4.31. The van der Waals surface area contributed by atoms with E-state index < -0.39 is 32.8 Å². The number of hydrogen-bond acceptors (Lipinski definition) is 3. The molecule has 174 valence electrons. The van der Waals surface area contributed by atoms with E-state index in [1.54, 1.807) is 18.2 Å². The molecule has 8 heteroatoms. The monoisotopic (exact) mass is 477 g/mol. The Morgan fingerprint density at radius 3 is 2.36 bits per heavy atom. The third-order valence-electron chi connectivity index (χ3n) is 6.00. The molecule has 1 aliphatic rings. The molecule has 33 heavy (non-hydrogen) atoms. The Balaban J connectivity index is 1.61. The van der Waals surface area contributed by atoms with E-state index in [0.717, 1.165) is 23.8 Å². The summed E-state index contributed by atoms with van der Waals surface area (Å²) >= 11 is 0. The Bertz CT molecular complexity index is 1280. The number of sulfone groups is 1. The van der Waals surface area contributed by atoms with Crippen LogP contribution in [0.3, 0.4) is 0 Å². The Morgan fingerprint density at radius 2 is 1.70 bits per heavy atom. The van der Waals surface area contributed by atoms with Crippen molar-refractivity contribution in [1.82, 2.24) is 0 Å². The van der Waals surface area contributed by atoms with Gasteiger partial charge in [-0.3, -0.25) is 0 Å². The van der Waals surface area contributed by atoms with Gasteiger partial charge in [-0.2, -0.15) is 13.2 Å². The average molecular weight is 478 g/mol. The van der Waals surface area contributed by atoms with Gasteiger partial charge in [0.2, 0.25) is 0 Å². The number of hydrogen-bond donors (Lipinski definition) is 1. The summed E-state index contributed by atoms with van der Waals surface area (Å²) < 4.78 is 78.2. The molecule has 0 aliphatic carbocycles. The van der Waals surface area contributed by atoms with Crippen LogP contribution in [0.15, 0.2) is 71.6 Å². The number of alkyl halides is 3. The molecule has 3 aromatic rings. The number of anilines is 1. The smallest absolute Gasteiger partial charge is 0.378 e. The zero-order valence-corrected chi connectivity index (χ0v) is 18.9. The van der Waals surface area contributed by atoms with Crippen molar-refractivity contribution in [3.63, 3.8) is 0 Å². The Hall–Kier alpha value is -2.87. The molecular weight excluding hydrogens is 454 g/mol. The van der Waals surface area contributed by atoms with Gasteiger partial charge in [0, 0.05) is 5.69 Å². The van der Waals surface area contributed by atoms with Gasteiger partial charge in [-0.25, -0.2) is 12.8 Å². The Morgan fingerprint density at radius 1 is 1.00 bits per heavy atom. The number of fused-ring (bicyclic) bond motifs is 1. The van der Waals surface area contributed by atoms with Crippen molar-refractivity contribution in [1.29, 1.82) is 0 Å². The second-order valence-corrected chi connectivity index (χ2v) is 11.0. The van der Waals surface area contributed by atoms with Crippen LogP contribution in [0, 0.1) is 5.82 Å². The number of rotatable bonds is 4. The maximum atomic E-state index is 13.2. The highest BCUT2D eigenvalue weighted by Crippen LogP contribution is 2.46. The van der Waals surface area contributed by atoms with Crippen molar-refractivity contribution in [3.8, 4) is 0 Å². The second kappa shape index (κ2) is 8.17. The highest BCUT2D eigenvalue weighted by molar-refractivity contribution is 7.90. The molecule has 1 atom stereocenters. The molecule has 3 nitrogen and oxygen atoms in total. The van der Waals surface area contributed by atoms with Crippen LogP contribution in [-0.2, 0) is 27.2 Å². The zero-order chi connectivity index (χ0) is 24.0. The van der Waals surface area contributed by atoms with Crippen LogP contribution in [-0.4, -0.2) is 8.42 Å². The first-order valence-corrected chi connectivity index (χ1v) is 12.1. The number of benzene rings is 3. The molecule has 1 aliphatic heterocycles. The number of nitrogens with one attached hydrogen (secondary N) is 1. The fourth-order valence-corrected chi connectivity index (χ4v) is 5.65. The molecule has 0 aromatic heterocycles. The van der Waals surface area contributed by atoms with Crippen molar-refractivity contribution in [2.24, 2.45) is 0 Å². The van der Waals surface area contributed by atoms with Gasteiger partial charge in [-0.1, -0.05) is 38.1 Å². The van der Waals surface area contributed by atoms with Gasteiger partial charge in [0.25, 0.3) is 0 Å². The molecule has 1 heterocycles. The zero-order valence-electron chi connectivity index (χ0n) is 18.1. The molecule has 0 saturated heterocycles. The molecule has 4 rings (SSSR count). The highest BCUT2D eigenvalue weighted by atomic mass is 32.2. The predicted molar refractivity (Wildman–Crippen MR) is 119 cm³/mol. The van der Waals surface area contributed by atoms with Crippen LogP contribution < -0.4 is 5.32 Å². The molecule has 0 amide bonds. The molecule has 1 N–H and O–H groups in total. The summed E-state index contributed by atoms with van der Waals surface area (Å²) in [5.41, 5.74) is 1.46. The van der Waals surface area contributed by atoms with Gasteiger partial charge in [-0.15, -0.1) is 0 Å². The molecular formula is C25H23F4NO2S. The lowest BCUT2D eigenvalue weighted by Crippen LogP contribution is -2.31. The summed E-state index contributed by atoms with van der Waals surface area (Å²) in [6.45, 7) is 3.81. The minimum Gasteiger partial charge on any atom is -0.378 e. The van der Waals surface area contributed by atoms with E-state index in [2.05, 4.69) is 5.32 Å². The average Bonchev–Trinajstić information content (AvgIpc) is 2.72. The molecule has 0 saturated carbocycles. The highest BCUT2D eigenvalue weighted by Gasteiger charge is 2.37.